The van der Waals surface area contributed by atoms with E-state index in [2.05, 4.69) is 15.3 Å². The van der Waals surface area contributed by atoms with Crippen molar-refractivity contribution in [3.8, 4) is 0 Å². The molecule has 19 heavy (non-hydrogen) atoms. The molecule has 2 heterocycles. The standard InChI is InChI=1S/C13H17N5S/c1-10-3-4-11(12(14)19)13(17-10)16-5-2-7-18-8-6-15-9-18/h3-4,6,8-9H,2,5,7H2,1H3,(H2,14,19)(H,16,17). The molecule has 0 bridgehead atoms. The van der Waals surface area contributed by atoms with Gasteiger partial charge in [0.1, 0.15) is 10.8 Å². The van der Waals surface area contributed by atoms with Crippen LogP contribution in [0.5, 0.6) is 0 Å². The van der Waals surface area contributed by atoms with Crippen LogP contribution in [0.3, 0.4) is 0 Å². The molecule has 5 nitrogen and oxygen atoms in total. The normalized spacial score (nSPS) is 10.4. The quantitative estimate of drug-likeness (QED) is 0.620. The number of anilines is 1. The number of hydrogen-bond acceptors (Lipinski definition) is 4. The van der Waals surface area contributed by atoms with Gasteiger partial charge in [-0.3, -0.25) is 0 Å². The summed E-state index contributed by atoms with van der Waals surface area (Å²) < 4.78 is 2.04. The van der Waals surface area contributed by atoms with Crippen LogP contribution >= 0.6 is 12.2 Å². The zero-order valence-corrected chi connectivity index (χ0v) is 11.7. The van der Waals surface area contributed by atoms with Gasteiger partial charge in [0, 0.05) is 31.2 Å². The number of aromatic nitrogens is 3. The van der Waals surface area contributed by atoms with Gasteiger partial charge in [0.2, 0.25) is 0 Å². The van der Waals surface area contributed by atoms with E-state index < -0.39 is 0 Å². The summed E-state index contributed by atoms with van der Waals surface area (Å²) in [5.41, 5.74) is 7.42. The third kappa shape index (κ3) is 3.75. The summed E-state index contributed by atoms with van der Waals surface area (Å²) >= 11 is 5.02. The molecule has 3 N–H and O–H groups in total. The second kappa shape index (κ2) is 6.29. The number of thiocarbonyl (C=S) groups is 1. The highest BCUT2D eigenvalue weighted by atomic mass is 32.1. The minimum atomic E-state index is 0.365. The van der Waals surface area contributed by atoms with Gasteiger partial charge < -0.3 is 15.6 Å². The van der Waals surface area contributed by atoms with Gasteiger partial charge in [-0.1, -0.05) is 12.2 Å². The van der Waals surface area contributed by atoms with Crippen LogP contribution in [0.4, 0.5) is 5.82 Å². The highest BCUT2D eigenvalue weighted by Crippen LogP contribution is 2.13. The zero-order valence-electron chi connectivity index (χ0n) is 10.8. The summed E-state index contributed by atoms with van der Waals surface area (Å²) in [5, 5.41) is 3.29. The van der Waals surface area contributed by atoms with Gasteiger partial charge in [0.05, 0.1) is 11.9 Å². The number of nitrogens with two attached hydrogens (primary N) is 1. The second-order valence-electron chi connectivity index (χ2n) is 4.29. The first-order chi connectivity index (χ1) is 9.16. The predicted molar refractivity (Wildman–Crippen MR) is 80.2 cm³/mol. The molecule has 0 aromatic carbocycles. The SMILES string of the molecule is Cc1ccc(C(N)=S)c(NCCCn2ccnc2)n1. The first-order valence-corrected chi connectivity index (χ1v) is 6.54. The summed E-state index contributed by atoms with van der Waals surface area (Å²) in [6.07, 6.45) is 6.51. The van der Waals surface area contributed by atoms with E-state index in [4.69, 9.17) is 18.0 Å². The maximum Gasteiger partial charge on any atom is 0.136 e. The molecule has 2 rings (SSSR count). The number of nitrogens with zero attached hydrogens (tertiary/aromatic N) is 3. The Bertz CT molecular complexity index is 550. The Hall–Kier alpha value is -1.95. The van der Waals surface area contributed by atoms with E-state index in [0.717, 1.165) is 36.6 Å². The Kier molecular flexibility index (Phi) is 4.46. The Labute approximate surface area is 117 Å². The summed E-state index contributed by atoms with van der Waals surface area (Å²) in [7, 11) is 0. The molecular weight excluding hydrogens is 258 g/mol. The molecule has 0 aliphatic rings. The summed E-state index contributed by atoms with van der Waals surface area (Å²) in [6, 6.07) is 3.81. The number of imidazole rings is 1. The Balaban J connectivity index is 1.91. The molecule has 0 spiro atoms. The fraction of sp³-hybridized carbons (Fsp3) is 0.308. The van der Waals surface area contributed by atoms with Crippen LogP contribution < -0.4 is 11.1 Å². The van der Waals surface area contributed by atoms with Gasteiger partial charge in [-0.15, -0.1) is 0 Å². The number of nitrogens with one attached hydrogen (secondary N) is 1. The Morgan fingerprint density at radius 1 is 1.47 bits per heavy atom. The van der Waals surface area contributed by atoms with E-state index >= 15 is 0 Å². The lowest BCUT2D eigenvalue weighted by Crippen LogP contribution is -2.16. The van der Waals surface area contributed by atoms with Crippen LogP contribution in [-0.2, 0) is 6.54 Å². The fourth-order valence-corrected chi connectivity index (χ4v) is 1.94. The predicted octanol–water partition coefficient (Wildman–Crippen LogP) is 1.72. The van der Waals surface area contributed by atoms with Crippen molar-refractivity contribution in [1.29, 1.82) is 0 Å². The van der Waals surface area contributed by atoms with Crippen molar-refractivity contribution < 1.29 is 0 Å². The molecule has 0 amide bonds. The maximum atomic E-state index is 5.69. The van der Waals surface area contributed by atoms with Gasteiger partial charge in [-0.05, 0) is 25.5 Å². The molecule has 0 atom stereocenters. The van der Waals surface area contributed by atoms with Gasteiger partial charge in [-0.25, -0.2) is 9.97 Å². The molecule has 2 aromatic heterocycles. The van der Waals surface area contributed by atoms with Crippen molar-refractivity contribution in [3.63, 3.8) is 0 Å². The van der Waals surface area contributed by atoms with Crippen LogP contribution in [0.25, 0.3) is 0 Å². The van der Waals surface area contributed by atoms with Gasteiger partial charge in [0.15, 0.2) is 0 Å². The summed E-state index contributed by atoms with van der Waals surface area (Å²) in [6.45, 7) is 3.67. The molecule has 0 aliphatic carbocycles. The number of hydrogen-bond donors (Lipinski definition) is 2. The van der Waals surface area contributed by atoms with Crippen molar-refractivity contribution in [2.75, 3.05) is 11.9 Å². The number of rotatable bonds is 6. The lowest BCUT2D eigenvalue weighted by molar-refractivity contribution is 0.660. The molecule has 0 fully saturated rings. The van der Waals surface area contributed by atoms with Crippen molar-refractivity contribution in [3.05, 3.63) is 42.1 Å². The smallest absolute Gasteiger partial charge is 0.136 e. The molecule has 6 heteroatoms. The molecule has 0 saturated carbocycles. The van der Waals surface area contributed by atoms with E-state index in [1.807, 2.05) is 36.1 Å². The van der Waals surface area contributed by atoms with Gasteiger partial charge >= 0.3 is 0 Å². The maximum absolute atomic E-state index is 5.69. The van der Waals surface area contributed by atoms with Crippen LogP contribution in [0.15, 0.2) is 30.9 Å². The molecule has 0 radical (unpaired) electrons. The molecule has 0 saturated heterocycles. The number of pyridine rings is 1. The summed E-state index contributed by atoms with van der Waals surface area (Å²) in [5.74, 6) is 0.762. The third-order valence-corrected chi connectivity index (χ3v) is 2.96. The van der Waals surface area contributed by atoms with E-state index in [9.17, 15) is 0 Å². The van der Waals surface area contributed by atoms with Crippen LogP contribution in [0, 0.1) is 6.92 Å². The lowest BCUT2D eigenvalue weighted by Gasteiger charge is -2.11. The minimum Gasteiger partial charge on any atom is -0.389 e. The Morgan fingerprint density at radius 2 is 2.32 bits per heavy atom. The average Bonchev–Trinajstić information content (AvgIpc) is 2.87. The van der Waals surface area contributed by atoms with Crippen molar-refractivity contribution >= 4 is 23.0 Å². The number of aryl methyl sites for hydroxylation is 2. The molecule has 0 unspecified atom stereocenters. The van der Waals surface area contributed by atoms with E-state index in [-0.39, 0.29) is 0 Å². The monoisotopic (exact) mass is 275 g/mol. The largest absolute Gasteiger partial charge is 0.389 e. The highest BCUT2D eigenvalue weighted by Gasteiger charge is 2.06. The second-order valence-corrected chi connectivity index (χ2v) is 4.73. The zero-order chi connectivity index (χ0) is 13.7. The molecule has 2 aromatic rings. The Morgan fingerprint density at radius 3 is 3.00 bits per heavy atom. The molecule has 100 valence electrons. The average molecular weight is 275 g/mol. The van der Waals surface area contributed by atoms with Crippen LogP contribution in [0.2, 0.25) is 0 Å². The molecular formula is C13H17N5S. The van der Waals surface area contributed by atoms with Crippen molar-refractivity contribution in [2.24, 2.45) is 5.73 Å². The minimum absolute atomic E-state index is 0.365. The summed E-state index contributed by atoms with van der Waals surface area (Å²) in [4.78, 5) is 8.80. The van der Waals surface area contributed by atoms with Gasteiger partial charge in [0.25, 0.3) is 0 Å². The topological polar surface area (TPSA) is 68.8 Å². The lowest BCUT2D eigenvalue weighted by atomic mass is 10.2. The van der Waals surface area contributed by atoms with Crippen molar-refractivity contribution in [1.82, 2.24) is 14.5 Å². The van der Waals surface area contributed by atoms with Gasteiger partial charge in [-0.2, -0.15) is 0 Å². The van der Waals surface area contributed by atoms with E-state index in [1.54, 1.807) is 6.20 Å². The highest BCUT2D eigenvalue weighted by molar-refractivity contribution is 7.80. The first kappa shape index (κ1) is 13.5. The van der Waals surface area contributed by atoms with E-state index in [1.165, 1.54) is 0 Å². The first-order valence-electron chi connectivity index (χ1n) is 6.14. The van der Waals surface area contributed by atoms with E-state index in [0.29, 0.717) is 4.99 Å². The molecule has 0 aliphatic heterocycles. The van der Waals surface area contributed by atoms with Crippen molar-refractivity contribution in [2.45, 2.75) is 19.9 Å². The third-order valence-electron chi connectivity index (χ3n) is 2.74. The van der Waals surface area contributed by atoms with Crippen LogP contribution in [-0.4, -0.2) is 26.1 Å². The fourth-order valence-electron chi connectivity index (χ4n) is 1.78. The van der Waals surface area contributed by atoms with Crippen LogP contribution in [0.1, 0.15) is 17.7 Å².